The highest BCUT2D eigenvalue weighted by atomic mass is 79.9. The molecule has 0 bridgehead atoms. The highest BCUT2D eigenvalue weighted by molar-refractivity contribution is 9.11. The number of hydrogen-bond acceptors (Lipinski definition) is 0. The molecule has 1 rings (SSSR count). The molecule has 1 nitrogen and oxygen atoms in total. The third-order valence-corrected chi connectivity index (χ3v) is 3.51. The Morgan fingerprint density at radius 3 is 2.08 bits per heavy atom. The van der Waals surface area contributed by atoms with E-state index in [-0.39, 0.29) is 0 Å². The van der Waals surface area contributed by atoms with Gasteiger partial charge in [-0.25, -0.2) is 5.11 Å². The van der Waals surface area contributed by atoms with Crippen LogP contribution in [-0.4, -0.2) is 0 Å². The third-order valence-electron chi connectivity index (χ3n) is 1.74. The molecule has 1 atom stereocenters. The van der Waals surface area contributed by atoms with Crippen LogP contribution in [0.3, 0.4) is 0 Å². The van der Waals surface area contributed by atoms with E-state index in [0.29, 0.717) is 6.42 Å². The number of halogens is 3. The van der Waals surface area contributed by atoms with Crippen molar-refractivity contribution < 1.29 is 5.11 Å². The average Bonchev–Trinajstić information content (AvgIpc) is 2.02. The van der Waals surface area contributed by atoms with Crippen LogP contribution in [0.5, 0.6) is 0 Å². The summed E-state index contributed by atoms with van der Waals surface area (Å²) >= 11 is 10.1. The van der Waals surface area contributed by atoms with Crippen LogP contribution in [0.1, 0.15) is 25.0 Å². The van der Waals surface area contributed by atoms with E-state index in [1.807, 2.05) is 19.1 Å². The fourth-order valence-electron chi connectivity index (χ4n) is 1.07. The lowest BCUT2D eigenvalue weighted by molar-refractivity contribution is 0.0845. The predicted octanol–water partition coefficient (Wildman–Crippen LogP) is 4.86. The van der Waals surface area contributed by atoms with Crippen LogP contribution < -0.4 is 0 Å². The summed E-state index contributed by atoms with van der Waals surface area (Å²) in [5, 5.41) is 11.6. The molecule has 0 saturated heterocycles. The first-order valence-electron chi connectivity index (χ1n) is 3.86. The van der Waals surface area contributed by atoms with Crippen LogP contribution >= 0.6 is 47.8 Å². The van der Waals surface area contributed by atoms with Crippen molar-refractivity contribution in [1.82, 2.24) is 0 Å². The lowest BCUT2D eigenvalue weighted by Gasteiger charge is -2.11. The zero-order chi connectivity index (χ0) is 10.0. The van der Waals surface area contributed by atoms with E-state index in [1.165, 1.54) is 0 Å². The predicted molar refractivity (Wildman–Crippen MR) is 63.3 cm³/mol. The van der Waals surface area contributed by atoms with E-state index in [4.69, 9.17) is 0 Å². The average molecular weight is 372 g/mol. The molecule has 4 heteroatoms. The van der Waals surface area contributed by atoms with Gasteiger partial charge in [-0.3, -0.25) is 0 Å². The Labute approximate surface area is 103 Å². The van der Waals surface area contributed by atoms with E-state index in [2.05, 4.69) is 47.8 Å². The SMILES string of the molecule is CCC([O])c1c(Br)cc(Br)cc1Br. The molecular weight excluding hydrogens is 364 g/mol. The standard InChI is InChI=1S/C9H8Br3O/c1-2-8(13)9-6(11)3-5(10)4-7(9)12/h3-4,8H,2H2,1H3. The molecule has 1 radical (unpaired) electrons. The largest absolute Gasteiger partial charge is 0.228 e. The summed E-state index contributed by atoms with van der Waals surface area (Å²) in [6.07, 6.45) is -0.0735. The molecule has 0 fully saturated rings. The summed E-state index contributed by atoms with van der Waals surface area (Å²) < 4.78 is 2.67. The van der Waals surface area contributed by atoms with Crippen LogP contribution in [-0.2, 0) is 5.11 Å². The Kier molecular flexibility index (Phi) is 4.42. The minimum atomic E-state index is -0.670. The van der Waals surface area contributed by atoms with Gasteiger partial charge >= 0.3 is 0 Å². The molecule has 1 aromatic rings. The van der Waals surface area contributed by atoms with E-state index in [1.54, 1.807) is 0 Å². The second kappa shape index (κ2) is 4.91. The van der Waals surface area contributed by atoms with Gasteiger partial charge in [-0.1, -0.05) is 54.7 Å². The van der Waals surface area contributed by atoms with Crippen molar-refractivity contribution in [2.24, 2.45) is 0 Å². The molecule has 1 aromatic carbocycles. The molecule has 0 heterocycles. The second-order valence-corrected chi connectivity index (χ2v) is 5.30. The normalized spacial score (nSPS) is 13.0. The van der Waals surface area contributed by atoms with Crippen LogP contribution in [0.2, 0.25) is 0 Å². The van der Waals surface area contributed by atoms with Crippen LogP contribution in [0.25, 0.3) is 0 Å². The van der Waals surface area contributed by atoms with Gasteiger partial charge < -0.3 is 0 Å². The molecule has 0 aliphatic rings. The zero-order valence-electron chi connectivity index (χ0n) is 6.98. The van der Waals surface area contributed by atoms with Gasteiger partial charge in [-0.05, 0) is 18.6 Å². The van der Waals surface area contributed by atoms with Crippen LogP contribution in [0, 0.1) is 0 Å². The third kappa shape index (κ3) is 2.78. The Morgan fingerprint density at radius 1 is 1.23 bits per heavy atom. The maximum Gasteiger partial charge on any atom is 0.120 e. The molecule has 71 valence electrons. The topological polar surface area (TPSA) is 19.9 Å². The molecule has 0 aliphatic carbocycles. The molecule has 0 aliphatic heterocycles. The molecule has 0 N–H and O–H groups in total. The Balaban J connectivity index is 3.20. The Bertz CT molecular complexity index is 289. The first-order chi connectivity index (χ1) is 6.06. The minimum Gasteiger partial charge on any atom is -0.228 e. The molecule has 0 saturated carbocycles. The van der Waals surface area contributed by atoms with Gasteiger partial charge in [0.25, 0.3) is 0 Å². The van der Waals surface area contributed by atoms with Crippen molar-refractivity contribution in [1.29, 1.82) is 0 Å². The van der Waals surface area contributed by atoms with Gasteiger partial charge in [-0.2, -0.15) is 0 Å². The zero-order valence-corrected chi connectivity index (χ0v) is 11.7. The van der Waals surface area contributed by atoms with Gasteiger partial charge in [0.15, 0.2) is 0 Å². The quantitative estimate of drug-likeness (QED) is 0.707. The van der Waals surface area contributed by atoms with Crippen LogP contribution in [0.15, 0.2) is 25.6 Å². The lowest BCUT2D eigenvalue weighted by Crippen LogP contribution is -1.96. The van der Waals surface area contributed by atoms with Gasteiger partial charge in [0.05, 0.1) is 0 Å². The Morgan fingerprint density at radius 2 is 1.69 bits per heavy atom. The van der Waals surface area contributed by atoms with Gasteiger partial charge in [0.1, 0.15) is 6.10 Å². The highest BCUT2D eigenvalue weighted by Crippen LogP contribution is 2.35. The van der Waals surface area contributed by atoms with Crippen molar-refractivity contribution in [3.8, 4) is 0 Å². The lowest BCUT2D eigenvalue weighted by atomic mass is 10.1. The molecular formula is C9H8Br3O. The smallest absolute Gasteiger partial charge is 0.120 e. The fraction of sp³-hybridized carbons (Fsp3) is 0.333. The maximum atomic E-state index is 11.6. The monoisotopic (exact) mass is 369 g/mol. The summed E-state index contributed by atoms with van der Waals surface area (Å²) in [6, 6.07) is 3.78. The number of hydrogen-bond donors (Lipinski definition) is 0. The fourth-order valence-corrected chi connectivity index (χ4v) is 3.83. The number of rotatable bonds is 2. The minimum absolute atomic E-state index is 0.596. The molecule has 13 heavy (non-hydrogen) atoms. The maximum absolute atomic E-state index is 11.6. The van der Waals surface area contributed by atoms with E-state index < -0.39 is 6.10 Å². The van der Waals surface area contributed by atoms with E-state index in [0.717, 1.165) is 19.0 Å². The summed E-state index contributed by atoms with van der Waals surface area (Å²) in [7, 11) is 0. The summed E-state index contributed by atoms with van der Waals surface area (Å²) in [5.41, 5.74) is 0.797. The molecule has 1 unspecified atom stereocenters. The number of benzene rings is 1. The Hall–Kier alpha value is 0.620. The van der Waals surface area contributed by atoms with Gasteiger partial charge in [0.2, 0.25) is 0 Å². The highest BCUT2D eigenvalue weighted by Gasteiger charge is 2.15. The first kappa shape index (κ1) is 11.7. The van der Waals surface area contributed by atoms with E-state index >= 15 is 0 Å². The second-order valence-electron chi connectivity index (χ2n) is 2.68. The molecule has 0 amide bonds. The van der Waals surface area contributed by atoms with Crippen LogP contribution in [0.4, 0.5) is 0 Å². The molecule has 0 aromatic heterocycles. The van der Waals surface area contributed by atoms with Crippen molar-refractivity contribution in [2.45, 2.75) is 19.4 Å². The first-order valence-corrected chi connectivity index (χ1v) is 6.24. The van der Waals surface area contributed by atoms with Crippen molar-refractivity contribution >= 4 is 47.8 Å². The van der Waals surface area contributed by atoms with Gasteiger partial charge in [-0.15, -0.1) is 0 Å². The summed E-state index contributed by atoms with van der Waals surface area (Å²) in [6.45, 7) is 1.89. The van der Waals surface area contributed by atoms with Crippen molar-refractivity contribution in [3.05, 3.63) is 31.1 Å². The van der Waals surface area contributed by atoms with Crippen molar-refractivity contribution in [3.63, 3.8) is 0 Å². The van der Waals surface area contributed by atoms with Crippen molar-refractivity contribution in [2.75, 3.05) is 0 Å². The van der Waals surface area contributed by atoms with E-state index in [9.17, 15) is 5.11 Å². The molecule has 0 spiro atoms. The summed E-state index contributed by atoms with van der Waals surface area (Å²) in [4.78, 5) is 0. The van der Waals surface area contributed by atoms with Gasteiger partial charge in [0, 0.05) is 19.0 Å². The summed E-state index contributed by atoms with van der Waals surface area (Å²) in [5.74, 6) is 0.